The maximum absolute atomic E-state index is 5.35. The number of fused-ring (bicyclic) bond motifs is 3. The zero-order valence-electron chi connectivity index (χ0n) is 8.36. The summed E-state index contributed by atoms with van der Waals surface area (Å²) in [5, 5.41) is 3.51. The Labute approximate surface area is 87.1 Å². The lowest BCUT2D eigenvalue weighted by molar-refractivity contribution is 0.415. The molecule has 1 aromatic heterocycles. The van der Waals surface area contributed by atoms with Crippen LogP contribution in [0, 0.1) is 0 Å². The first-order valence-corrected chi connectivity index (χ1v) is 4.82. The topological polar surface area (TPSA) is 22.4 Å². The molecule has 0 unspecified atom stereocenters. The zero-order valence-corrected chi connectivity index (χ0v) is 8.36. The fourth-order valence-electron chi connectivity index (χ4n) is 1.89. The number of benzene rings is 2. The van der Waals surface area contributed by atoms with Crippen LogP contribution in [-0.4, -0.2) is 7.11 Å². The molecule has 2 nitrogen and oxygen atoms in total. The predicted octanol–water partition coefficient (Wildman–Crippen LogP) is 3.59. The van der Waals surface area contributed by atoms with Gasteiger partial charge in [0.05, 0.1) is 13.4 Å². The van der Waals surface area contributed by atoms with Crippen molar-refractivity contribution in [2.75, 3.05) is 7.11 Å². The van der Waals surface area contributed by atoms with Gasteiger partial charge < -0.3 is 9.15 Å². The molecule has 0 aliphatic carbocycles. The van der Waals surface area contributed by atoms with Crippen molar-refractivity contribution >= 4 is 21.7 Å². The maximum atomic E-state index is 5.35. The van der Waals surface area contributed by atoms with E-state index in [0.29, 0.717) is 0 Å². The SMILES string of the molecule is COc1ccc2c(ccc3occc32)c1. The largest absolute Gasteiger partial charge is 0.497 e. The van der Waals surface area contributed by atoms with E-state index in [9.17, 15) is 0 Å². The van der Waals surface area contributed by atoms with Gasteiger partial charge in [-0.15, -0.1) is 0 Å². The lowest BCUT2D eigenvalue weighted by atomic mass is 10.1. The minimum atomic E-state index is 0.880. The Morgan fingerprint density at radius 1 is 1.00 bits per heavy atom. The predicted molar refractivity (Wildman–Crippen MR) is 60.3 cm³/mol. The molecular formula is C13H10O2. The molecule has 1 heterocycles. The Balaban J connectivity index is 2.44. The highest BCUT2D eigenvalue weighted by Crippen LogP contribution is 2.28. The van der Waals surface area contributed by atoms with Crippen LogP contribution in [0.25, 0.3) is 21.7 Å². The van der Waals surface area contributed by atoms with Crippen molar-refractivity contribution in [1.82, 2.24) is 0 Å². The Kier molecular flexibility index (Phi) is 1.68. The van der Waals surface area contributed by atoms with E-state index < -0.39 is 0 Å². The van der Waals surface area contributed by atoms with Crippen molar-refractivity contribution in [2.45, 2.75) is 0 Å². The van der Waals surface area contributed by atoms with Gasteiger partial charge in [0.1, 0.15) is 11.3 Å². The summed E-state index contributed by atoms with van der Waals surface area (Å²) in [4.78, 5) is 0. The average molecular weight is 198 g/mol. The van der Waals surface area contributed by atoms with Gasteiger partial charge in [-0.2, -0.15) is 0 Å². The van der Waals surface area contributed by atoms with E-state index in [-0.39, 0.29) is 0 Å². The fraction of sp³-hybridized carbons (Fsp3) is 0.0769. The van der Waals surface area contributed by atoms with Gasteiger partial charge >= 0.3 is 0 Å². The van der Waals surface area contributed by atoms with E-state index in [0.717, 1.165) is 16.7 Å². The van der Waals surface area contributed by atoms with Crippen LogP contribution in [0.5, 0.6) is 5.75 Å². The van der Waals surface area contributed by atoms with Crippen molar-refractivity contribution in [1.29, 1.82) is 0 Å². The summed E-state index contributed by atoms with van der Waals surface area (Å²) in [5.74, 6) is 0.880. The van der Waals surface area contributed by atoms with Gasteiger partial charge in [-0.3, -0.25) is 0 Å². The summed E-state index contributed by atoms with van der Waals surface area (Å²) in [5.41, 5.74) is 0.924. The summed E-state index contributed by atoms with van der Waals surface area (Å²) >= 11 is 0. The van der Waals surface area contributed by atoms with Crippen molar-refractivity contribution in [3.63, 3.8) is 0 Å². The van der Waals surface area contributed by atoms with E-state index in [2.05, 4.69) is 6.07 Å². The Morgan fingerprint density at radius 3 is 2.80 bits per heavy atom. The molecule has 74 valence electrons. The van der Waals surface area contributed by atoms with Crippen LogP contribution in [0.4, 0.5) is 0 Å². The Hall–Kier alpha value is -1.96. The molecule has 0 atom stereocenters. The highest BCUT2D eigenvalue weighted by molar-refractivity contribution is 6.05. The second-order valence-electron chi connectivity index (χ2n) is 3.49. The summed E-state index contributed by atoms with van der Waals surface area (Å²) in [7, 11) is 1.68. The van der Waals surface area contributed by atoms with Crippen LogP contribution in [0.1, 0.15) is 0 Å². The van der Waals surface area contributed by atoms with Crippen LogP contribution in [0.3, 0.4) is 0 Å². The number of hydrogen-bond donors (Lipinski definition) is 0. The molecule has 0 amide bonds. The maximum Gasteiger partial charge on any atom is 0.134 e. The van der Waals surface area contributed by atoms with Crippen LogP contribution in [-0.2, 0) is 0 Å². The van der Waals surface area contributed by atoms with E-state index >= 15 is 0 Å². The van der Waals surface area contributed by atoms with Gasteiger partial charge in [-0.25, -0.2) is 0 Å². The Bertz CT molecular complexity index is 623. The minimum absolute atomic E-state index is 0.880. The second kappa shape index (κ2) is 3.02. The second-order valence-corrected chi connectivity index (χ2v) is 3.49. The number of rotatable bonds is 1. The fourth-order valence-corrected chi connectivity index (χ4v) is 1.89. The quantitative estimate of drug-likeness (QED) is 0.596. The molecule has 0 saturated heterocycles. The standard InChI is InChI=1S/C13H10O2/c1-14-10-3-4-11-9(8-10)2-5-13-12(11)6-7-15-13/h2-8H,1H3. The van der Waals surface area contributed by atoms with Crippen LogP contribution < -0.4 is 4.74 Å². The molecule has 3 aromatic rings. The van der Waals surface area contributed by atoms with Crippen LogP contribution in [0.15, 0.2) is 47.1 Å². The lowest BCUT2D eigenvalue weighted by Crippen LogP contribution is -1.82. The van der Waals surface area contributed by atoms with E-state index in [1.807, 2.05) is 30.3 Å². The highest BCUT2D eigenvalue weighted by Gasteiger charge is 2.03. The lowest BCUT2D eigenvalue weighted by Gasteiger charge is -2.02. The highest BCUT2D eigenvalue weighted by atomic mass is 16.5. The zero-order chi connectivity index (χ0) is 10.3. The molecule has 0 fully saturated rings. The molecule has 0 aliphatic heterocycles. The molecule has 0 aliphatic rings. The van der Waals surface area contributed by atoms with Crippen LogP contribution >= 0.6 is 0 Å². The normalized spacial score (nSPS) is 11.0. The first kappa shape index (κ1) is 8.36. The third kappa shape index (κ3) is 1.18. The van der Waals surface area contributed by atoms with Crippen LogP contribution in [0.2, 0.25) is 0 Å². The molecule has 0 bridgehead atoms. The summed E-state index contributed by atoms with van der Waals surface area (Å²) in [6.07, 6.45) is 1.72. The molecule has 0 radical (unpaired) electrons. The minimum Gasteiger partial charge on any atom is -0.497 e. The van der Waals surface area contributed by atoms with Gasteiger partial charge in [0, 0.05) is 5.39 Å². The first-order valence-electron chi connectivity index (χ1n) is 4.82. The van der Waals surface area contributed by atoms with Gasteiger partial charge in [-0.1, -0.05) is 6.07 Å². The van der Waals surface area contributed by atoms with Crippen molar-refractivity contribution in [3.05, 3.63) is 42.7 Å². The number of ether oxygens (including phenoxy) is 1. The molecule has 0 spiro atoms. The average Bonchev–Trinajstić information content (AvgIpc) is 2.76. The summed E-state index contributed by atoms with van der Waals surface area (Å²) in [6, 6.07) is 12.1. The molecule has 2 heteroatoms. The van der Waals surface area contributed by atoms with E-state index in [1.165, 1.54) is 10.8 Å². The number of hydrogen-bond acceptors (Lipinski definition) is 2. The summed E-state index contributed by atoms with van der Waals surface area (Å²) in [6.45, 7) is 0. The molecule has 0 saturated carbocycles. The first-order chi connectivity index (χ1) is 7.38. The third-order valence-electron chi connectivity index (χ3n) is 2.66. The monoisotopic (exact) mass is 198 g/mol. The van der Waals surface area contributed by atoms with E-state index in [4.69, 9.17) is 9.15 Å². The van der Waals surface area contributed by atoms with Gasteiger partial charge in [0.25, 0.3) is 0 Å². The molecular weight excluding hydrogens is 188 g/mol. The van der Waals surface area contributed by atoms with Crippen molar-refractivity contribution in [3.8, 4) is 5.75 Å². The van der Waals surface area contributed by atoms with Gasteiger partial charge in [0.15, 0.2) is 0 Å². The molecule has 2 aromatic carbocycles. The molecule has 0 N–H and O–H groups in total. The van der Waals surface area contributed by atoms with Crippen molar-refractivity contribution < 1.29 is 9.15 Å². The number of furan rings is 1. The van der Waals surface area contributed by atoms with Gasteiger partial charge in [0.2, 0.25) is 0 Å². The molecule has 15 heavy (non-hydrogen) atoms. The summed E-state index contributed by atoms with van der Waals surface area (Å²) < 4.78 is 10.5. The smallest absolute Gasteiger partial charge is 0.134 e. The number of methoxy groups -OCH3 is 1. The van der Waals surface area contributed by atoms with Crippen molar-refractivity contribution in [2.24, 2.45) is 0 Å². The van der Waals surface area contributed by atoms with Gasteiger partial charge in [-0.05, 0) is 41.1 Å². The Morgan fingerprint density at radius 2 is 1.93 bits per heavy atom. The third-order valence-corrected chi connectivity index (χ3v) is 2.66. The molecule has 3 rings (SSSR count). The van der Waals surface area contributed by atoms with E-state index in [1.54, 1.807) is 13.4 Å².